The molecule has 1 aliphatic rings. The van der Waals surface area contributed by atoms with Gasteiger partial charge in [-0.1, -0.05) is 38.1 Å². The van der Waals surface area contributed by atoms with E-state index in [0.29, 0.717) is 19.1 Å². The van der Waals surface area contributed by atoms with Crippen LogP contribution >= 0.6 is 0 Å². The van der Waals surface area contributed by atoms with Gasteiger partial charge < -0.3 is 25.2 Å². The first-order valence-electron chi connectivity index (χ1n) is 9.93. The monoisotopic (exact) mass is 406 g/mol. The number of nitrogens with one attached hydrogen (secondary N) is 1. The Kier molecular flexibility index (Phi) is 8.45. The molecule has 3 N–H and O–H groups in total. The SMILES string of the molecule is CC(C)CN(CCC(=O)O)C(=O)NC(Cc1ccc(C2CCOC2)cc1)C(=O)O. The highest BCUT2D eigenvalue weighted by Crippen LogP contribution is 2.25. The number of urea groups is 1. The number of benzene rings is 1. The average Bonchev–Trinajstić information content (AvgIpc) is 3.19. The number of amides is 2. The van der Waals surface area contributed by atoms with Crippen molar-refractivity contribution in [2.75, 3.05) is 26.3 Å². The summed E-state index contributed by atoms with van der Waals surface area (Å²) in [6, 6.07) is 6.06. The molecule has 2 amide bonds. The third kappa shape index (κ3) is 7.38. The average molecular weight is 406 g/mol. The van der Waals surface area contributed by atoms with Crippen molar-refractivity contribution in [3.05, 3.63) is 35.4 Å². The van der Waals surface area contributed by atoms with Gasteiger partial charge in [-0.3, -0.25) is 4.79 Å². The zero-order valence-electron chi connectivity index (χ0n) is 17.0. The number of aliphatic carboxylic acids is 2. The maximum Gasteiger partial charge on any atom is 0.326 e. The van der Waals surface area contributed by atoms with Crippen molar-refractivity contribution in [2.45, 2.75) is 45.1 Å². The first-order valence-corrected chi connectivity index (χ1v) is 9.93. The molecule has 8 heteroatoms. The summed E-state index contributed by atoms with van der Waals surface area (Å²) in [5.74, 6) is -1.63. The van der Waals surface area contributed by atoms with E-state index in [0.717, 1.165) is 18.6 Å². The second-order valence-corrected chi connectivity index (χ2v) is 7.83. The molecular weight excluding hydrogens is 376 g/mol. The Labute approximate surface area is 170 Å². The molecule has 1 fully saturated rings. The zero-order valence-corrected chi connectivity index (χ0v) is 17.0. The van der Waals surface area contributed by atoms with Crippen LogP contribution in [-0.2, 0) is 20.7 Å². The molecular formula is C21H30N2O6. The minimum Gasteiger partial charge on any atom is -0.481 e. The summed E-state index contributed by atoms with van der Waals surface area (Å²) in [6.45, 7) is 5.66. The number of carboxylic acid groups (broad SMARTS) is 2. The van der Waals surface area contributed by atoms with Crippen molar-refractivity contribution in [1.82, 2.24) is 10.2 Å². The Morgan fingerprint density at radius 3 is 2.41 bits per heavy atom. The summed E-state index contributed by atoms with van der Waals surface area (Å²) in [4.78, 5) is 36.5. The van der Waals surface area contributed by atoms with Crippen molar-refractivity contribution in [2.24, 2.45) is 5.92 Å². The van der Waals surface area contributed by atoms with E-state index >= 15 is 0 Å². The molecule has 0 aliphatic carbocycles. The molecule has 1 aromatic carbocycles. The molecule has 1 aromatic rings. The maximum atomic E-state index is 12.6. The Hall–Kier alpha value is -2.61. The quantitative estimate of drug-likeness (QED) is 0.549. The van der Waals surface area contributed by atoms with Crippen LogP contribution in [0.3, 0.4) is 0 Å². The van der Waals surface area contributed by atoms with Crippen molar-refractivity contribution in [3.63, 3.8) is 0 Å². The number of hydrogen-bond donors (Lipinski definition) is 3. The fourth-order valence-corrected chi connectivity index (χ4v) is 3.35. The van der Waals surface area contributed by atoms with Crippen LogP contribution in [0.25, 0.3) is 0 Å². The van der Waals surface area contributed by atoms with Crippen molar-refractivity contribution < 1.29 is 29.3 Å². The summed E-state index contributed by atoms with van der Waals surface area (Å²) in [6.07, 6.45) is 0.941. The van der Waals surface area contributed by atoms with Crippen LogP contribution in [0.4, 0.5) is 4.79 Å². The van der Waals surface area contributed by atoms with E-state index in [4.69, 9.17) is 9.84 Å². The number of nitrogens with zero attached hydrogens (tertiary/aromatic N) is 1. The zero-order chi connectivity index (χ0) is 21.4. The van der Waals surface area contributed by atoms with Gasteiger partial charge >= 0.3 is 18.0 Å². The molecule has 160 valence electrons. The largest absolute Gasteiger partial charge is 0.481 e. The molecule has 0 bridgehead atoms. The van der Waals surface area contributed by atoms with Crippen LogP contribution in [0, 0.1) is 5.92 Å². The number of ether oxygens (including phenoxy) is 1. The minimum atomic E-state index is -1.13. The molecule has 0 saturated carbocycles. The van der Waals surface area contributed by atoms with E-state index in [9.17, 15) is 19.5 Å². The van der Waals surface area contributed by atoms with Crippen LogP contribution in [0.5, 0.6) is 0 Å². The van der Waals surface area contributed by atoms with E-state index in [1.807, 2.05) is 38.1 Å². The van der Waals surface area contributed by atoms with Crippen molar-refractivity contribution >= 4 is 18.0 Å². The normalized spacial score (nSPS) is 17.1. The summed E-state index contributed by atoms with van der Waals surface area (Å²) >= 11 is 0. The van der Waals surface area contributed by atoms with Gasteiger partial charge in [0, 0.05) is 32.0 Å². The number of carbonyl (C=O) groups is 3. The lowest BCUT2D eigenvalue weighted by atomic mass is 9.96. The van der Waals surface area contributed by atoms with Crippen LogP contribution in [0.2, 0.25) is 0 Å². The molecule has 8 nitrogen and oxygen atoms in total. The maximum absolute atomic E-state index is 12.6. The van der Waals surface area contributed by atoms with Gasteiger partial charge in [0.2, 0.25) is 0 Å². The summed E-state index contributed by atoms with van der Waals surface area (Å²) in [5.41, 5.74) is 1.97. The molecule has 0 spiro atoms. The van der Waals surface area contributed by atoms with Gasteiger partial charge in [0.15, 0.2) is 0 Å². The minimum absolute atomic E-state index is 0.0316. The number of hydrogen-bond acceptors (Lipinski definition) is 4. The first-order chi connectivity index (χ1) is 13.8. The molecule has 2 atom stereocenters. The van der Waals surface area contributed by atoms with E-state index in [1.54, 1.807) is 0 Å². The summed E-state index contributed by atoms with van der Waals surface area (Å²) < 4.78 is 5.40. The Bertz CT molecular complexity index is 698. The highest BCUT2D eigenvalue weighted by Gasteiger charge is 2.25. The van der Waals surface area contributed by atoms with Crippen LogP contribution in [-0.4, -0.2) is 65.4 Å². The summed E-state index contributed by atoms with van der Waals surface area (Å²) in [7, 11) is 0. The lowest BCUT2D eigenvalue weighted by Crippen LogP contribution is -2.50. The number of carboxylic acids is 2. The van der Waals surface area contributed by atoms with Gasteiger partial charge in [-0.05, 0) is 23.5 Å². The molecule has 1 saturated heterocycles. The Morgan fingerprint density at radius 2 is 1.90 bits per heavy atom. The van der Waals surface area contributed by atoms with Crippen LogP contribution in [0.15, 0.2) is 24.3 Å². The first kappa shape index (κ1) is 22.7. The van der Waals surface area contributed by atoms with Crippen molar-refractivity contribution in [3.8, 4) is 0 Å². The fourth-order valence-electron chi connectivity index (χ4n) is 3.35. The molecule has 0 radical (unpaired) electrons. The van der Waals surface area contributed by atoms with Crippen LogP contribution in [0.1, 0.15) is 43.7 Å². The van der Waals surface area contributed by atoms with Gasteiger partial charge in [0.05, 0.1) is 13.0 Å². The lowest BCUT2D eigenvalue weighted by molar-refractivity contribution is -0.139. The smallest absolute Gasteiger partial charge is 0.326 e. The van der Waals surface area contributed by atoms with Crippen LogP contribution < -0.4 is 5.32 Å². The topological polar surface area (TPSA) is 116 Å². The van der Waals surface area contributed by atoms with Crippen molar-refractivity contribution in [1.29, 1.82) is 0 Å². The van der Waals surface area contributed by atoms with E-state index in [1.165, 1.54) is 10.5 Å². The number of carbonyl (C=O) groups excluding carboxylic acids is 1. The summed E-state index contributed by atoms with van der Waals surface area (Å²) in [5, 5.41) is 21.0. The van der Waals surface area contributed by atoms with E-state index < -0.39 is 24.0 Å². The lowest BCUT2D eigenvalue weighted by Gasteiger charge is -2.26. The second kappa shape index (κ2) is 10.8. The standard InChI is InChI=1S/C21H30N2O6/c1-14(2)12-23(9-7-19(24)25)21(28)22-18(20(26)27)11-15-3-5-16(6-4-15)17-8-10-29-13-17/h3-6,14,17-18H,7-13H2,1-2H3,(H,22,28)(H,24,25)(H,26,27). The van der Waals surface area contributed by atoms with Gasteiger partial charge in [-0.2, -0.15) is 0 Å². The highest BCUT2D eigenvalue weighted by molar-refractivity contribution is 5.83. The van der Waals surface area contributed by atoms with E-state index in [-0.39, 0.29) is 25.3 Å². The predicted octanol–water partition coefficient (Wildman–Crippen LogP) is 2.33. The number of rotatable bonds is 10. The Morgan fingerprint density at radius 1 is 1.21 bits per heavy atom. The molecule has 2 rings (SSSR count). The third-order valence-corrected chi connectivity index (χ3v) is 4.88. The van der Waals surface area contributed by atoms with Gasteiger partial charge in [-0.25, -0.2) is 9.59 Å². The van der Waals surface area contributed by atoms with Gasteiger partial charge in [0.25, 0.3) is 0 Å². The fraction of sp³-hybridized carbons (Fsp3) is 0.571. The third-order valence-electron chi connectivity index (χ3n) is 4.88. The van der Waals surface area contributed by atoms with Gasteiger partial charge in [0.1, 0.15) is 6.04 Å². The predicted molar refractivity (Wildman–Crippen MR) is 107 cm³/mol. The second-order valence-electron chi connectivity index (χ2n) is 7.83. The molecule has 1 aliphatic heterocycles. The van der Waals surface area contributed by atoms with E-state index in [2.05, 4.69) is 5.32 Å². The highest BCUT2D eigenvalue weighted by atomic mass is 16.5. The molecule has 2 unspecified atom stereocenters. The van der Waals surface area contributed by atoms with Gasteiger partial charge in [-0.15, -0.1) is 0 Å². The Balaban J connectivity index is 2.00. The molecule has 29 heavy (non-hydrogen) atoms. The molecule has 1 heterocycles. The molecule has 0 aromatic heterocycles.